The van der Waals surface area contributed by atoms with Gasteiger partial charge in [-0.25, -0.2) is 0 Å². The maximum atomic E-state index is 2.43. The highest BCUT2D eigenvalue weighted by molar-refractivity contribution is 14.1. The van der Waals surface area contributed by atoms with Crippen LogP contribution in [0.2, 0.25) is 0 Å². The van der Waals surface area contributed by atoms with Gasteiger partial charge in [-0.15, -0.1) is 0 Å². The molecular formula is C10H13I. The van der Waals surface area contributed by atoms with Gasteiger partial charge in [0.2, 0.25) is 0 Å². The van der Waals surface area contributed by atoms with E-state index in [1.165, 1.54) is 15.6 Å². The average molecular weight is 260 g/mol. The molecule has 0 aliphatic rings. The second kappa shape index (κ2) is 4.10. The summed E-state index contributed by atoms with van der Waals surface area (Å²) in [5.74, 6) is 0.691. The van der Waals surface area contributed by atoms with Crippen molar-refractivity contribution in [3.05, 3.63) is 35.4 Å². The number of hydrogen-bond acceptors (Lipinski definition) is 0. The van der Waals surface area contributed by atoms with Gasteiger partial charge in [0.1, 0.15) is 0 Å². The first-order chi connectivity index (χ1) is 5.24. The molecule has 0 bridgehead atoms. The van der Waals surface area contributed by atoms with Crippen LogP contribution in [0, 0.1) is 6.92 Å². The van der Waals surface area contributed by atoms with Crippen LogP contribution in [0.25, 0.3) is 0 Å². The van der Waals surface area contributed by atoms with E-state index < -0.39 is 0 Å². The van der Waals surface area contributed by atoms with E-state index in [1.807, 2.05) is 0 Å². The summed E-state index contributed by atoms with van der Waals surface area (Å²) in [6.45, 7) is 4.38. The molecule has 0 nitrogen and oxygen atoms in total. The second-order valence-corrected chi connectivity index (χ2v) is 3.85. The number of alkyl halides is 1. The number of halogens is 1. The Morgan fingerprint density at radius 1 is 1.27 bits per heavy atom. The van der Waals surface area contributed by atoms with E-state index in [1.54, 1.807) is 0 Å². The van der Waals surface area contributed by atoms with Gasteiger partial charge in [0, 0.05) is 4.43 Å². The fourth-order valence-electron chi connectivity index (χ4n) is 0.984. The Kier molecular flexibility index (Phi) is 3.37. The highest BCUT2D eigenvalue weighted by atomic mass is 127. The van der Waals surface area contributed by atoms with Crippen LogP contribution in [-0.4, -0.2) is 4.43 Å². The summed E-state index contributed by atoms with van der Waals surface area (Å²) in [5, 5.41) is 0. The van der Waals surface area contributed by atoms with Crippen LogP contribution in [-0.2, 0) is 0 Å². The molecule has 1 unspecified atom stereocenters. The molecule has 0 aromatic heterocycles. The molecule has 60 valence electrons. The van der Waals surface area contributed by atoms with Gasteiger partial charge in [0.05, 0.1) is 0 Å². The second-order valence-electron chi connectivity index (χ2n) is 2.97. The van der Waals surface area contributed by atoms with Crippen molar-refractivity contribution in [2.75, 3.05) is 4.43 Å². The lowest BCUT2D eigenvalue weighted by Gasteiger charge is -2.07. The lowest BCUT2D eigenvalue weighted by atomic mass is 10.0. The maximum absolute atomic E-state index is 2.43. The zero-order chi connectivity index (χ0) is 8.27. The molecule has 11 heavy (non-hydrogen) atoms. The molecule has 1 rings (SSSR count). The molecule has 0 aliphatic carbocycles. The van der Waals surface area contributed by atoms with Gasteiger partial charge < -0.3 is 0 Å². The normalized spacial score (nSPS) is 13.0. The number of aryl methyl sites for hydroxylation is 1. The minimum Gasteiger partial charge on any atom is -0.0857 e. The van der Waals surface area contributed by atoms with E-state index in [4.69, 9.17) is 0 Å². The minimum atomic E-state index is 0.691. The van der Waals surface area contributed by atoms with Gasteiger partial charge >= 0.3 is 0 Å². The van der Waals surface area contributed by atoms with Crippen molar-refractivity contribution < 1.29 is 0 Å². The predicted molar refractivity (Wildman–Crippen MR) is 58.5 cm³/mol. The summed E-state index contributed by atoms with van der Waals surface area (Å²) < 4.78 is 1.20. The Balaban J connectivity index is 2.81. The smallest absolute Gasteiger partial charge is 0.00616 e. The van der Waals surface area contributed by atoms with Crippen molar-refractivity contribution in [3.8, 4) is 0 Å². The van der Waals surface area contributed by atoms with Crippen LogP contribution in [0.4, 0.5) is 0 Å². The summed E-state index contributed by atoms with van der Waals surface area (Å²) in [6, 6.07) is 8.80. The van der Waals surface area contributed by atoms with Gasteiger partial charge in [0.25, 0.3) is 0 Å². The van der Waals surface area contributed by atoms with Crippen molar-refractivity contribution in [2.45, 2.75) is 19.8 Å². The first-order valence-corrected chi connectivity index (χ1v) is 5.39. The number of hydrogen-bond donors (Lipinski definition) is 0. The van der Waals surface area contributed by atoms with Crippen molar-refractivity contribution in [3.63, 3.8) is 0 Å². The molecule has 0 radical (unpaired) electrons. The van der Waals surface area contributed by atoms with E-state index in [0.29, 0.717) is 5.92 Å². The molecule has 0 heterocycles. The topological polar surface area (TPSA) is 0 Å². The van der Waals surface area contributed by atoms with E-state index in [9.17, 15) is 0 Å². The molecule has 1 aromatic rings. The van der Waals surface area contributed by atoms with E-state index >= 15 is 0 Å². The quantitative estimate of drug-likeness (QED) is 0.563. The van der Waals surface area contributed by atoms with E-state index in [0.717, 1.165) is 0 Å². The summed E-state index contributed by atoms with van der Waals surface area (Å²) in [5.41, 5.74) is 2.79. The first kappa shape index (κ1) is 9.04. The SMILES string of the molecule is Cc1ccc(C(C)CI)cc1. The molecule has 0 saturated heterocycles. The van der Waals surface area contributed by atoms with E-state index in [-0.39, 0.29) is 0 Å². The molecule has 1 aromatic carbocycles. The third-order valence-electron chi connectivity index (χ3n) is 1.88. The fraction of sp³-hybridized carbons (Fsp3) is 0.400. The van der Waals surface area contributed by atoms with Crippen LogP contribution >= 0.6 is 22.6 Å². The van der Waals surface area contributed by atoms with Crippen LogP contribution in [0.5, 0.6) is 0 Å². The first-order valence-electron chi connectivity index (χ1n) is 3.86. The zero-order valence-corrected chi connectivity index (χ0v) is 9.13. The molecule has 0 spiro atoms. The Morgan fingerprint density at radius 3 is 2.27 bits per heavy atom. The maximum Gasteiger partial charge on any atom is 0.00616 e. The molecule has 0 saturated carbocycles. The van der Waals surface area contributed by atoms with Gasteiger partial charge in [-0.1, -0.05) is 59.3 Å². The molecule has 0 fully saturated rings. The Morgan fingerprint density at radius 2 is 1.82 bits per heavy atom. The van der Waals surface area contributed by atoms with Crippen LogP contribution < -0.4 is 0 Å². The van der Waals surface area contributed by atoms with Gasteiger partial charge in [-0.3, -0.25) is 0 Å². The highest BCUT2D eigenvalue weighted by Crippen LogP contribution is 2.17. The minimum absolute atomic E-state index is 0.691. The summed E-state index contributed by atoms with van der Waals surface area (Å²) in [7, 11) is 0. The van der Waals surface area contributed by atoms with Crippen molar-refractivity contribution >= 4 is 22.6 Å². The Hall–Kier alpha value is -0.0500. The largest absolute Gasteiger partial charge is 0.0857 e. The van der Waals surface area contributed by atoms with Crippen LogP contribution in [0.3, 0.4) is 0 Å². The average Bonchev–Trinajstić information content (AvgIpc) is 2.05. The summed E-state index contributed by atoms with van der Waals surface area (Å²) >= 11 is 2.43. The lowest BCUT2D eigenvalue weighted by Crippen LogP contribution is -1.93. The highest BCUT2D eigenvalue weighted by Gasteiger charge is 2.01. The fourth-order valence-corrected chi connectivity index (χ4v) is 1.49. The Labute approximate surface area is 82.2 Å². The van der Waals surface area contributed by atoms with E-state index in [2.05, 4.69) is 60.7 Å². The Bertz CT molecular complexity index is 213. The van der Waals surface area contributed by atoms with Crippen molar-refractivity contribution in [2.24, 2.45) is 0 Å². The number of rotatable bonds is 2. The van der Waals surface area contributed by atoms with Gasteiger partial charge in [-0.2, -0.15) is 0 Å². The lowest BCUT2D eigenvalue weighted by molar-refractivity contribution is 0.895. The predicted octanol–water partition coefficient (Wildman–Crippen LogP) is 3.53. The molecule has 1 heteroatoms. The van der Waals surface area contributed by atoms with Crippen LogP contribution in [0.1, 0.15) is 24.0 Å². The van der Waals surface area contributed by atoms with Crippen molar-refractivity contribution in [1.82, 2.24) is 0 Å². The standard InChI is InChI=1S/C10H13I/c1-8-3-5-10(6-4-8)9(2)7-11/h3-6,9H,7H2,1-2H3. The van der Waals surface area contributed by atoms with Gasteiger partial charge in [0.15, 0.2) is 0 Å². The molecule has 0 aliphatic heterocycles. The number of benzene rings is 1. The van der Waals surface area contributed by atoms with Crippen LogP contribution in [0.15, 0.2) is 24.3 Å². The summed E-state index contributed by atoms with van der Waals surface area (Å²) in [6.07, 6.45) is 0. The molecular weight excluding hydrogens is 247 g/mol. The van der Waals surface area contributed by atoms with Gasteiger partial charge in [-0.05, 0) is 18.4 Å². The third kappa shape index (κ3) is 2.47. The molecule has 0 N–H and O–H groups in total. The third-order valence-corrected chi connectivity index (χ3v) is 3.20. The molecule has 1 atom stereocenters. The zero-order valence-electron chi connectivity index (χ0n) is 6.97. The monoisotopic (exact) mass is 260 g/mol. The molecule has 0 amide bonds. The summed E-state index contributed by atoms with van der Waals surface area (Å²) in [4.78, 5) is 0. The van der Waals surface area contributed by atoms with Crippen molar-refractivity contribution in [1.29, 1.82) is 0 Å².